The average molecular weight is 155 g/mol. The minimum Gasteiger partial charge on any atom is -0.307 e. The molecule has 0 saturated heterocycles. The van der Waals surface area contributed by atoms with E-state index in [1.165, 1.54) is 0 Å². The third kappa shape index (κ3) is 2.63. The van der Waals surface area contributed by atoms with Crippen LogP contribution in [0.5, 0.6) is 0 Å². The van der Waals surface area contributed by atoms with Gasteiger partial charge < -0.3 is 4.90 Å². The van der Waals surface area contributed by atoms with Crippen molar-refractivity contribution < 1.29 is 0 Å². The second-order valence-electron chi connectivity index (χ2n) is 2.74. The Morgan fingerprint density at radius 2 is 2.18 bits per heavy atom. The van der Waals surface area contributed by atoms with Crippen LogP contribution in [0.2, 0.25) is 0 Å². The van der Waals surface area contributed by atoms with Gasteiger partial charge in [-0.3, -0.25) is 0 Å². The Labute approximate surface area is 66.0 Å². The van der Waals surface area contributed by atoms with Crippen LogP contribution < -0.4 is 0 Å². The van der Waals surface area contributed by atoms with E-state index in [1.807, 2.05) is 21.0 Å². The predicted octanol–water partition coefficient (Wildman–Crippen LogP) is -0.457. The van der Waals surface area contributed by atoms with Gasteiger partial charge in [-0.2, -0.15) is 4.80 Å². The fourth-order valence-corrected chi connectivity index (χ4v) is 0.708. The second kappa shape index (κ2) is 3.43. The van der Waals surface area contributed by atoms with Gasteiger partial charge in [0, 0.05) is 6.54 Å². The monoisotopic (exact) mass is 155 g/mol. The van der Waals surface area contributed by atoms with Crippen molar-refractivity contribution in [2.24, 2.45) is 0 Å². The lowest BCUT2D eigenvalue weighted by molar-refractivity contribution is 0.355. The molecule has 1 heterocycles. The van der Waals surface area contributed by atoms with Crippen LogP contribution in [0.1, 0.15) is 5.82 Å². The van der Waals surface area contributed by atoms with E-state index in [2.05, 4.69) is 20.3 Å². The zero-order valence-electron chi connectivity index (χ0n) is 7.15. The zero-order chi connectivity index (χ0) is 8.27. The molecule has 0 saturated carbocycles. The van der Waals surface area contributed by atoms with Gasteiger partial charge in [0.25, 0.3) is 0 Å². The molecule has 0 amide bonds. The van der Waals surface area contributed by atoms with Crippen LogP contribution in [0.3, 0.4) is 0 Å². The lowest BCUT2D eigenvalue weighted by atomic mass is 10.6. The van der Waals surface area contributed by atoms with Crippen LogP contribution >= 0.6 is 0 Å². The fourth-order valence-electron chi connectivity index (χ4n) is 0.708. The number of rotatable bonds is 3. The molecule has 62 valence electrons. The topological polar surface area (TPSA) is 46.8 Å². The van der Waals surface area contributed by atoms with Crippen LogP contribution in [-0.2, 0) is 6.54 Å². The van der Waals surface area contributed by atoms with Gasteiger partial charge in [0.05, 0.1) is 6.54 Å². The molecule has 0 spiro atoms. The third-order valence-electron chi connectivity index (χ3n) is 1.30. The van der Waals surface area contributed by atoms with Crippen LogP contribution in [-0.4, -0.2) is 45.7 Å². The summed E-state index contributed by atoms with van der Waals surface area (Å²) in [5.41, 5.74) is 0. The van der Waals surface area contributed by atoms with E-state index >= 15 is 0 Å². The summed E-state index contributed by atoms with van der Waals surface area (Å²) < 4.78 is 0. The molecule has 0 fully saturated rings. The van der Waals surface area contributed by atoms with Crippen molar-refractivity contribution in [3.8, 4) is 0 Å². The minimum atomic E-state index is 0.726. The van der Waals surface area contributed by atoms with Crippen molar-refractivity contribution in [2.75, 3.05) is 20.6 Å². The number of hydrogen-bond acceptors (Lipinski definition) is 4. The molecule has 0 N–H and O–H groups in total. The third-order valence-corrected chi connectivity index (χ3v) is 1.30. The van der Waals surface area contributed by atoms with Crippen LogP contribution in [0.15, 0.2) is 0 Å². The standard InChI is InChI=1S/C6H13N5/c1-6-7-9-11(8-6)5-4-10(2)3/h4-5H2,1-3H3. The van der Waals surface area contributed by atoms with E-state index in [9.17, 15) is 0 Å². The van der Waals surface area contributed by atoms with Crippen molar-refractivity contribution >= 4 is 0 Å². The summed E-state index contributed by atoms with van der Waals surface area (Å²) >= 11 is 0. The number of aryl methyl sites for hydroxylation is 1. The lowest BCUT2D eigenvalue weighted by Crippen LogP contribution is -2.19. The molecule has 0 radical (unpaired) electrons. The van der Waals surface area contributed by atoms with Gasteiger partial charge in [0.1, 0.15) is 0 Å². The Hall–Kier alpha value is -0.970. The number of tetrazole rings is 1. The van der Waals surface area contributed by atoms with Gasteiger partial charge in [0.2, 0.25) is 0 Å². The first-order valence-corrected chi connectivity index (χ1v) is 3.57. The van der Waals surface area contributed by atoms with Gasteiger partial charge in [0.15, 0.2) is 5.82 Å². The molecule has 0 aromatic carbocycles. The van der Waals surface area contributed by atoms with E-state index in [1.54, 1.807) is 4.80 Å². The van der Waals surface area contributed by atoms with Gasteiger partial charge in [-0.1, -0.05) is 0 Å². The summed E-state index contributed by atoms with van der Waals surface area (Å²) in [5, 5.41) is 11.6. The first-order valence-electron chi connectivity index (χ1n) is 3.57. The molecule has 5 heteroatoms. The molecule has 0 aliphatic rings. The highest BCUT2D eigenvalue weighted by Gasteiger charge is 1.96. The smallest absolute Gasteiger partial charge is 0.171 e. The molecule has 1 rings (SSSR count). The largest absolute Gasteiger partial charge is 0.307 e. The van der Waals surface area contributed by atoms with Crippen molar-refractivity contribution in [1.82, 2.24) is 25.1 Å². The molecule has 0 bridgehead atoms. The predicted molar refractivity (Wildman–Crippen MR) is 41.1 cm³/mol. The Morgan fingerprint density at radius 3 is 2.64 bits per heavy atom. The molecular formula is C6H13N5. The Morgan fingerprint density at radius 1 is 1.45 bits per heavy atom. The van der Waals surface area contributed by atoms with Crippen LogP contribution in [0.25, 0.3) is 0 Å². The Bertz CT molecular complexity index is 217. The van der Waals surface area contributed by atoms with Crippen molar-refractivity contribution in [3.05, 3.63) is 5.82 Å². The number of nitrogens with zero attached hydrogens (tertiary/aromatic N) is 5. The van der Waals surface area contributed by atoms with Crippen molar-refractivity contribution in [3.63, 3.8) is 0 Å². The highest BCUT2D eigenvalue weighted by atomic mass is 15.6. The SMILES string of the molecule is Cc1nnn(CCN(C)C)n1. The Kier molecular flexibility index (Phi) is 2.53. The molecule has 0 atom stereocenters. The highest BCUT2D eigenvalue weighted by molar-refractivity contribution is 4.66. The van der Waals surface area contributed by atoms with E-state index in [0.717, 1.165) is 18.9 Å². The lowest BCUT2D eigenvalue weighted by Gasteiger charge is -2.06. The maximum atomic E-state index is 4.05. The highest BCUT2D eigenvalue weighted by Crippen LogP contribution is 1.83. The molecule has 0 unspecified atom stereocenters. The molecule has 1 aromatic heterocycles. The zero-order valence-corrected chi connectivity index (χ0v) is 7.15. The van der Waals surface area contributed by atoms with Gasteiger partial charge in [-0.05, 0) is 26.2 Å². The van der Waals surface area contributed by atoms with Gasteiger partial charge >= 0.3 is 0 Å². The molecule has 11 heavy (non-hydrogen) atoms. The first-order chi connectivity index (χ1) is 5.18. The molecule has 1 aromatic rings. The van der Waals surface area contributed by atoms with E-state index < -0.39 is 0 Å². The second-order valence-corrected chi connectivity index (χ2v) is 2.74. The number of hydrogen-bond donors (Lipinski definition) is 0. The summed E-state index contributed by atoms with van der Waals surface area (Å²) in [5.74, 6) is 0.726. The summed E-state index contributed by atoms with van der Waals surface area (Å²) in [4.78, 5) is 3.69. The van der Waals surface area contributed by atoms with E-state index in [-0.39, 0.29) is 0 Å². The van der Waals surface area contributed by atoms with Crippen LogP contribution in [0.4, 0.5) is 0 Å². The fraction of sp³-hybridized carbons (Fsp3) is 0.833. The van der Waals surface area contributed by atoms with Crippen LogP contribution in [0, 0.1) is 6.92 Å². The number of likely N-dealkylation sites (N-methyl/N-ethyl adjacent to an activating group) is 1. The van der Waals surface area contributed by atoms with Crippen molar-refractivity contribution in [1.29, 1.82) is 0 Å². The number of aromatic nitrogens is 4. The van der Waals surface area contributed by atoms with Gasteiger partial charge in [-0.15, -0.1) is 10.2 Å². The normalized spacial score (nSPS) is 10.9. The maximum absolute atomic E-state index is 4.05. The minimum absolute atomic E-state index is 0.726. The Balaban J connectivity index is 2.39. The van der Waals surface area contributed by atoms with Crippen molar-refractivity contribution in [2.45, 2.75) is 13.5 Å². The molecular weight excluding hydrogens is 142 g/mol. The average Bonchev–Trinajstić information content (AvgIpc) is 2.31. The van der Waals surface area contributed by atoms with Gasteiger partial charge in [-0.25, -0.2) is 0 Å². The summed E-state index contributed by atoms with van der Waals surface area (Å²) in [6.45, 7) is 3.57. The first kappa shape index (κ1) is 8.13. The molecule has 0 aliphatic carbocycles. The molecule has 5 nitrogen and oxygen atoms in total. The maximum Gasteiger partial charge on any atom is 0.171 e. The quantitative estimate of drug-likeness (QED) is 0.592. The van der Waals surface area contributed by atoms with E-state index in [0.29, 0.717) is 0 Å². The summed E-state index contributed by atoms with van der Waals surface area (Å²) in [7, 11) is 4.04. The van der Waals surface area contributed by atoms with E-state index in [4.69, 9.17) is 0 Å². The molecule has 0 aliphatic heterocycles. The summed E-state index contributed by atoms with van der Waals surface area (Å²) in [6.07, 6.45) is 0. The summed E-state index contributed by atoms with van der Waals surface area (Å²) in [6, 6.07) is 0.